The zero-order valence-corrected chi connectivity index (χ0v) is 13.9. The topological polar surface area (TPSA) is 70.2 Å². The van der Waals surface area contributed by atoms with Crippen molar-refractivity contribution in [2.24, 2.45) is 0 Å². The molecule has 2 N–H and O–H groups in total. The van der Waals surface area contributed by atoms with Gasteiger partial charge in [-0.1, -0.05) is 12.1 Å². The summed E-state index contributed by atoms with van der Waals surface area (Å²) in [6, 6.07) is 7.93. The predicted molar refractivity (Wildman–Crippen MR) is 91.5 cm³/mol. The molecule has 6 nitrogen and oxygen atoms in total. The molecule has 2 rings (SSSR count). The van der Waals surface area contributed by atoms with Gasteiger partial charge in [0, 0.05) is 25.8 Å². The van der Waals surface area contributed by atoms with Gasteiger partial charge in [-0.2, -0.15) is 0 Å². The number of anilines is 1. The van der Waals surface area contributed by atoms with Gasteiger partial charge in [0.25, 0.3) is 5.91 Å². The molecule has 7 heteroatoms. The van der Waals surface area contributed by atoms with Crippen LogP contribution in [0.5, 0.6) is 0 Å². The monoisotopic (exact) mass is 331 g/mol. The van der Waals surface area contributed by atoms with Crippen molar-refractivity contribution in [1.82, 2.24) is 20.2 Å². The molecule has 0 bridgehead atoms. The number of hydrogen-bond donors (Lipinski definition) is 2. The number of aromatic nitrogens is 2. The first kappa shape index (κ1) is 17.8. The Morgan fingerprint density at radius 2 is 1.92 bits per heavy atom. The van der Waals surface area contributed by atoms with E-state index in [9.17, 15) is 9.18 Å². The summed E-state index contributed by atoms with van der Waals surface area (Å²) in [6.45, 7) is 1.92. The molecule has 0 fully saturated rings. The van der Waals surface area contributed by atoms with Crippen LogP contribution in [0, 0.1) is 5.82 Å². The lowest BCUT2D eigenvalue weighted by molar-refractivity contribution is 0.0946. The minimum atomic E-state index is -0.247. The van der Waals surface area contributed by atoms with Crippen molar-refractivity contribution in [2.45, 2.75) is 6.42 Å². The van der Waals surface area contributed by atoms with E-state index in [2.05, 4.69) is 20.6 Å². The highest BCUT2D eigenvalue weighted by Gasteiger charge is 2.08. The van der Waals surface area contributed by atoms with E-state index in [0.717, 1.165) is 12.1 Å². The van der Waals surface area contributed by atoms with E-state index in [1.807, 2.05) is 19.0 Å². The number of hydrogen-bond acceptors (Lipinski definition) is 5. The van der Waals surface area contributed by atoms with E-state index >= 15 is 0 Å². The normalized spacial score (nSPS) is 10.7. The zero-order chi connectivity index (χ0) is 17.4. The molecular formula is C17H22FN5O. The van der Waals surface area contributed by atoms with E-state index in [-0.39, 0.29) is 11.7 Å². The maximum atomic E-state index is 12.9. The Bertz CT molecular complexity index is 660. The molecule has 128 valence electrons. The van der Waals surface area contributed by atoms with Crippen LogP contribution in [0.1, 0.15) is 16.1 Å². The second-order valence-electron chi connectivity index (χ2n) is 5.63. The number of amides is 1. The van der Waals surface area contributed by atoms with Crippen LogP contribution < -0.4 is 10.6 Å². The molecular weight excluding hydrogens is 309 g/mol. The third kappa shape index (κ3) is 5.92. The second-order valence-corrected chi connectivity index (χ2v) is 5.63. The fourth-order valence-corrected chi connectivity index (χ4v) is 2.02. The van der Waals surface area contributed by atoms with Crippen molar-refractivity contribution in [3.05, 3.63) is 53.6 Å². The van der Waals surface area contributed by atoms with Crippen LogP contribution in [0.2, 0.25) is 0 Å². The largest absolute Gasteiger partial charge is 0.354 e. The number of carbonyl (C=O) groups is 1. The lowest BCUT2D eigenvalue weighted by atomic mass is 10.1. The number of likely N-dealkylation sites (N-methyl/N-ethyl adjacent to an activating group) is 1. The van der Waals surface area contributed by atoms with Crippen molar-refractivity contribution in [3.8, 4) is 0 Å². The summed E-state index contributed by atoms with van der Waals surface area (Å²) in [5.74, 6) is -0.0683. The Hall–Kier alpha value is -2.54. The third-order valence-electron chi connectivity index (χ3n) is 3.34. The standard InChI is InChI=1S/C17H22FN5O/c1-23(2)12-11-19-16(24)15-8-10-21-17(22-15)20-9-7-13-3-5-14(18)6-4-13/h3-6,8,10H,7,9,11-12H2,1-2H3,(H,19,24)(H,20,21,22). The first-order valence-corrected chi connectivity index (χ1v) is 7.79. The minimum Gasteiger partial charge on any atom is -0.354 e. The van der Waals surface area contributed by atoms with Crippen LogP contribution >= 0.6 is 0 Å². The zero-order valence-electron chi connectivity index (χ0n) is 13.9. The molecule has 0 aliphatic heterocycles. The minimum absolute atomic E-state index is 0.221. The Balaban J connectivity index is 1.83. The van der Waals surface area contributed by atoms with Crippen LogP contribution in [0.25, 0.3) is 0 Å². The van der Waals surface area contributed by atoms with Gasteiger partial charge in [-0.25, -0.2) is 14.4 Å². The molecule has 0 radical (unpaired) electrons. The van der Waals surface area contributed by atoms with Crippen LogP contribution in [0.4, 0.5) is 10.3 Å². The van der Waals surface area contributed by atoms with Crippen LogP contribution in [0.3, 0.4) is 0 Å². The van der Waals surface area contributed by atoms with Crippen molar-refractivity contribution in [3.63, 3.8) is 0 Å². The molecule has 0 unspecified atom stereocenters. The number of nitrogens with one attached hydrogen (secondary N) is 2. The molecule has 24 heavy (non-hydrogen) atoms. The number of carbonyl (C=O) groups excluding carboxylic acids is 1. The van der Waals surface area contributed by atoms with E-state index in [1.54, 1.807) is 24.4 Å². The first-order chi connectivity index (χ1) is 11.5. The Morgan fingerprint density at radius 1 is 1.17 bits per heavy atom. The molecule has 0 saturated heterocycles. The first-order valence-electron chi connectivity index (χ1n) is 7.79. The molecule has 0 aliphatic rings. The molecule has 1 aromatic heterocycles. The summed E-state index contributed by atoms with van der Waals surface area (Å²) < 4.78 is 12.9. The summed E-state index contributed by atoms with van der Waals surface area (Å²) in [7, 11) is 3.89. The summed E-state index contributed by atoms with van der Waals surface area (Å²) >= 11 is 0. The fourth-order valence-electron chi connectivity index (χ4n) is 2.02. The molecule has 2 aromatic rings. The van der Waals surface area contributed by atoms with Crippen LogP contribution in [-0.2, 0) is 6.42 Å². The molecule has 0 saturated carbocycles. The summed E-state index contributed by atoms with van der Waals surface area (Å²) in [5.41, 5.74) is 1.34. The van der Waals surface area contributed by atoms with Gasteiger partial charge < -0.3 is 15.5 Å². The van der Waals surface area contributed by atoms with Gasteiger partial charge in [0.2, 0.25) is 5.95 Å². The van der Waals surface area contributed by atoms with E-state index < -0.39 is 0 Å². The Morgan fingerprint density at radius 3 is 2.62 bits per heavy atom. The van der Waals surface area contributed by atoms with Gasteiger partial charge in [0.05, 0.1) is 0 Å². The fraction of sp³-hybridized carbons (Fsp3) is 0.353. The average Bonchev–Trinajstić information content (AvgIpc) is 2.56. The lowest BCUT2D eigenvalue weighted by Crippen LogP contribution is -2.32. The number of benzene rings is 1. The lowest BCUT2D eigenvalue weighted by Gasteiger charge is -2.10. The van der Waals surface area contributed by atoms with E-state index in [1.165, 1.54) is 12.1 Å². The van der Waals surface area contributed by atoms with Gasteiger partial charge in [-0.15, -0.1) is 0 Å². The van der Waals surface area contributed by atoms with Crippen molar-refractivity contribution in [2.75, 3.05) is 39.0 Å². The van der Waals surface area contributed by atoms with Gasteiger partial charge in [0.15, 0.2) is 0 Å². The summed E-state index contributed by atoms with van der Waals surface area (Å²) in [6.07, 6.45) is 2.26. The summed E-state index contributed by atoms with van der Waals surface area (Å²) in [5, 5.41) is 5.88. The SMILES string of the molecule is CN(C)CCNC(=O)c1ccnc(NCCc2ccc(F)cc2)n1. The van der Waals surface area contributed by atoms with E-state index in [4.69, 9.17) is 0 Å². The number of rotatable bonds is 8. The highest BCUT2D eigenvalue weighted by atomic mass is 19.1. The maximum Gasteiger partial charge on any atom is 0.270 e. The molecule has 0 spiro atoms. The molecule has 0 aliphatic carbocycles. The van der Waals surface area contributed by atoms with Gasteiger partial charge in [-0.3, -0.25) is 4.79 Å². The van der Waals surface area contributed by atoms with Crippen molar-refractivity contribution < 1.29 is 9.18 Å². The number of halogens is 1. The van der Waals surface area contributed by atoms with E-state index in [0.29, 0.717) is 31.2 Å². The smallest absolute Gasteiger partial charge is 0.270 e. The van der Waals surface area contributed by atoms with Crippen molar-refractivity contribution in [1.29, 1.82) is 0 Å². The maximum absolute atomic E-state index is 12.9. The predicted octanol–water partition coefficient (Wildman–Crippen LogP) is 1.56. The quantitative estimate of drug-likeness (QED) is 0.768. The molecule has 0 atom stereocenters. The average molecular weight is 331 g/mol. The van der Waals surface area contributed by atoms with Gasteiger partial charge >= 0.3 is 0 Å². The highest BCUT2D eigenvalue weighted by Crippen LogP contribution is 2.05. The molecule has 1 aromatic carbocycles. The molecule has 1 amide bonds. The summed E-state index contributed by atoms with van der Waals surface area (Å²) in [4.78, 5) is 22.3. The number of nitrogens with zero attached hydrogens (tertiary/aromatic N) is 3. The van der Waals surface area contributed by atoms with Crippen LogP contribution in [0.15, 0.2) is 36.5 Å². The van der Waals surface area contributed by atoms with Crippen molar-refractivity contribution >= 4 is 11.9 Å². The highest BCUT2D eigenvalue weighted by molar-refractivity contribution is 5.92. The third-order valence-corrected chi connectivity index (χ3v) is 3.34. The van der Waals surface area contributed by atoms with Crippen LogP contribution in [-0.4, -0.2) is 54.5 Å². The Labute approximate surface area is 141 Å². The van der Waals surface area contributed by atoms with Gasteiger partial charge in [-0.05, 0) is 44.3 Å². The Kier molecular flexibility index (Phi) is 6.62. The molecule has 1 heterocycles. The second kappa shape index (κ2) is 8.93. The van der Waals surface area contributed by atoms with Gasteiger partial charge in [0.1, 0.15) is 11.5 Å².